The van der Waals surface area contributed by atoms with Crippen LogP contribution in [0.25, 0.3) is 0 Å². The van der Waals surface area contributed by atoms with Crippen molar-refractivity contribution in [2.75, 3.05) is 11.9 Å². The van der Waals surface area contributed by atoms with E-state index in [0.717, 1.165) is 5.76 Å². The minimum Gasteiger partial charge on any atom is -0.454 e. The number of nitrogens with zero attached hydrogens (tertiary/aromatic N) is 1. The summed E-state index contributed by atoms with van der Waals surface area (Å²) in [5, 5.41) is 12.0. The number of nitrogens with one attached hydrogen (secondary N) is 1. The van der Waals surface area contributed by atoms with Gasteiger partial charge in [0, 0.05) is 13.0 Å². The van der Waals surface area contributed by atoms with Gasteiger partial charge in [-0.1, -0.05) is 0 Å². The zero-order valence-corrected chi connectivity index (χ0v) is 11.0. The summed E-state index contributed by atoms with van der Waals surface area (Å²) in [5.41, 5.74) is 0.931. The van der Waals surface area contributed by atoms with Gasteiger partial charge in [-0.25, -0.2) is 4.39 Å². The van der Waals surface area contributed by atoms with E-state index in [0.29, 0.717) is 28.9 Å². The highest BCUT2D eigenvalue weighted by Gasteiger charge is 2.04. The first-order valence-electron chi connectivity index (χ1n) is 5.37. The quantitative estimate of drug-likeness (QED) is 0.936. The molecule has 0 radical (unpaired) electrons. The van der Waals surface area contributed by atoms with Crippen molar-refractivity contribution in [3.8, 4) is 6.07 Å². The second-order valence-electron chi connectivity index (χ2n) is 3.68. The Kier molecular flexibility index (Phi) is 4.00. The third-order valence-corrected chi connectivity index (χ3v) is 2.84. The molecule has 0 aliphatic heterocycles. The van der Waals surface area contributed by atoms with Gasteiger partial charge in [0.05, 0.1) is 11.3 Å². The Morgan fingerprint density at radius 3 is 2.83 bits per heavy atom. The predicted octanol–water partition coefficient (Wildman–Crippen LogP) is 3.71. The summed E-state index contributed by atoms with van der Waals surface area (Å²) >= 11 is 3.23. The highest BCUT2D eigenvalue weighted by molar-refractivity contribution is 9.10. The van der Waals surface area contributed by atoms with E-state index in [1.165, 1.54) is 12.1 Å². The molecule has 1 aromatic carbocycles. The van der Waals surface area contributed by atoms with E-state index < -0.39 is 5.82 Å². The van der Waals surface area contributed by atoms with Crippen LogP contribution in [0.4, 0.5) is 10.1 Å². The fourth-order valence-corrected chi connectivity index (χ4v) is 1.91. The van der Waals surface area contributed by atoms with Gasteiger partial charge in [0.15, 0.2) is 4.67 Å². The highest BCUT2D eigenvalue weighted by atomic mass is 79.9. The normalized spacial score (nSPS) is 10.1. The number of nitriles is 1. The van der Waals surface area contributed by atoms with Crippen LogP contribution >= 0.6 is 15.9 Å². The first-order chi connectivity index (χ1) is 8.69. The summed E-state index contributed by atoms with van der Waals surface area (Å²) in [7, 11) is 0. The third kappa shape index (κ3) is 3.11. The van der Waals surface area contributed by atoms with Gasteiger partial charge in [-0.2, -0.15) is 5.26 Å². The van der Waals surface area contributed by atoms with Crippen molar-refractivity contribution < 1.29 is 8.81 Å². The van der Waals surface area contributed by atoms with Gasteiger partial charge < -0.3 is 9.73 Å². The summed E-state index contributed by atoms with van der Waals surface area (Å²) in [6, 6.07) is 9.76. The highest BCUT2D eigenvalue weighted by Crippen LogP contribution is 2.17. The lowest BCUT2D eigenvalue weighted by molar-refractivity contribution is 0.491. The lowest BCUT2D eigenvalue weighted by Crippen LogP contribution is -2.05. The van der Waals surface area contributed by atoms with Crippen molar-refractivity contribution in [1.29, 1.82) is 5.26 Å². The molecule has 0 fully saturated rings. The molecular weight excluding hydrogens is 299 g/mol. The van der Waals surface area contributed by atoms with Crippen LogP contribution in [0.5, 0.6) is 0 Å². The van der Waals surface area contributed by atoms with Gasteiger partial charge in [0.2, 0.25) is 0 Å². The van der Waals surface area contributed by atoms with E-state index in [1.807, 2.05) is 18.2 Å². The maximum Gasteiger partial charge on any atom is 0.169 e. The minimum absolute atomic E-state index is 0.302. The molecule has 92 valence electrons. The fraction of sp³-hybridized carbons (Fsp3) is 0.154. The molecule has 0 aliphatic rings. The van der Waals surface area contributed by atoms with E-state index in [2.05, 4.69) is 21.2 Å². The largest absolute Gasteiger partial charge is 0.454 e. The van der Waals surface area contributed by atoms with Crippen molar-refractivity contribution in [3.05, 3.63) is 52.1 Å². The van der Waals surface area contributed by atoms with Crippen LogP contribution in [0.15, 0.2) is 39.4 Å². The number of hydrogen-bond donors (Lipinski definition) is 1. The van der Waals surface area contributed by atoms with Crippen molar-refractivity contribution in [2.45, 2.75) is 6.42 Å². The average molecular weight is 309 g/mol. The maximum absolute atomic E-state index is 12.9. The van der Waals surface area contributed by atoms with E-state index >= 15 is 0 Å². The molecule has 5 heteroatoms. The molecule has 0 aliphatic carbocycles. The smallest absolute Gasteiger partial charge is 0.169 e. The first-order valence-corrected chi connectivity index (χ1v) is 6.16. The van der Waals surface area contributed by atoms with Gasteiger partial charge in [-0.3, -0.25) is 0 Å². The topological polar surface area (TPSA) is 49.0 Å². The Labute approximate surface area is 112 Å². The van der Waals surface area contributed by atoms with E-state index in [9.17, 15) is 4.39 Å². The summed E-state index contributed by atoms with van der Waals surface area (Å²) in [6.07, 6.45) is 0.688. The van der Waals surface area contributed by atoms with Crippen molar-refractivity contribution in [1.82, 2.24) is 0 Å². The Bertz CT molecular complexity index is 589. The van der Waals surface area contributed by atoms with Gasteiger partial charge in [-0.15, -0.1) is 0 Å². The fourth-order valence-electron chi connectivity index (χ4n) is 1.57. The zero-order valence-electron chi connectivity index (χ0n) is 9.41. The summed E-state index contributed by atoms with van der Waals surface area (Å²) < 4.78 is 19.0. The number of rotatable bonds is 4. The molecule has 18 heavy (non-hydrogen) atoms. The Morgan fingerprint density at radius 1 is 1.33 bits per heavy atom. The molecule has 1 heterocycles. The standard InChI is InChI=1S/C13H10BrFN2O/c14-13-4-2-11(18-13)5-6-17-12-3-1-10(15)7-9(12)8-16/h1-4,7,17H,5-6H2. The lowest BCUT2D eigenvalue weighted by Gasteiger charge is -2.07. The predicted molar refractivity (Wildman–Crippen MR) is 69.7 cm³/mol. The summed E-state index contributed by atoms with van der Waals surface area (Å²) in [6.45, 7) is 0.611. The van der Waals surface area contributed by atoms with E-state index in [-0.39, 0.29) is 0 Å². The Morgan fingerprint density at radius 2 is 2.17 bits per heavy atom. The number of hydrogen-bond acceptors (Lipinski definition) is 3. The molecule has 0 bridgehead atoms. The van der Waals surface area contributed by atoms with Crippen LogP contribution in [0, 0.1) is 17.1 Å². The van der Waals surface area contributed by atoms with Gasteiger partial charge >= 0.3 is 0 Å². The molecule has 0 saturated carbocycles. The molecule has 0 atom stereocenters. The van der Waals surface area contributed by atoms with Gasteiger partial charge in [-0.05, 0) is 46.3 Å². The average Bonchev–Trinajstić information content (AvgIpc) is 2.77. The number of furan rings is 1. The molecule has 0 saturated heterocycles. The SMILES string of the molecule is N#Cc1cc(F)ccc1NCCc1ccc(Br)o1. The van der Waals surface area contributed by atoms with Crippen molar-refractivity contribution in [3.63, 3.8) is 0 Å². The summed E-state index contributed by atoms with van der Waals surface area (Å²) in [5.74, 6) is 0.432. The third-order valence-electron chi connectivity index (χ3n) is 2.42. The summed E-state index contributed by atoms with van der Waals surface area (Å²) in [4.78, 5) is 0. The molecule has 2 rings (SSSR count). The second-order valence-corrected chi connectivity index (χ2v) is 4.47. The molecule has 0 amide bonds. The van der Waals surface area contributed by atoms with Gasteiger partial charge in [0.25, 0.3) is 0 Å². The zero-order chi connectivity index (χ0) is 13.0. The van der Waals surface area contributed by atoms with Crippen molar-refractivity contribution >= 4 is 21.6 Å². The van der Waals surface area contributed by atoms with Crippen LogP contribution in [-0.4, -0.2) is 6.54 Å². The molecule has 0 spiro atoms. The molecular formula is C13H10BrFN2O. The Balaban J connectivity index is 1.96. The number of benzene rings is 1. The van der Waals surface area contributed by atoms with Crippen LogP contribution < -0.4 is 5.32 Å². The second kappa shape index (κ2) is 5.69. The number of anilines is 1. The molecule has 2 aromatic rings. The first kappa shape index (κ1) is 12.7. The van der Waals surface area contributed by atoms with Crippen LogP contribution in [0.2, 0.25) is 0 Å². The molecule has 1 aromatic heterocycles. The lowest BCUT2D eigenvalue weighted by atomic mass is 10.2. The van der Waals surface area contributed by atoms with E-state index in [1.54, 1.807) is 6.07 Å². The van der Waals surface area contributed by atoms with Crippen LogP contribution in [0.3, 0.4) is 0 Å². The van der Waals surface area contributed by atoms with Crippen LogP contribution in [-0.2, 0) is 6.42 Å². The molecule has 3 nitrogen and oxygen atoms in total. The van der Waals surface area contributed by atoms with E-state index in [4.69, 9.17) is 9.68 Å². The monoisotopic (exact) mass is 308 g/mol. The van der Waals surface area contributed by atoms with Gasteiger partial charge in [0.1, 0.15) is 17.6 Å². The maximum atomic E-state index is 12.9. The van der Waals surface area contributed by atoms with Crippen molar-refractivity contribution in [2.24, 2.45) is 0 Å². The molecule has 1 N–H and O–H groups in total. The van der Waals surface area contributed by atoms with Crippen LogP contribution in [0.1, 0.15) is 11.3 Å². The minimum atomic E-state index is -0.410. The Hall–Kier alpha value is -1.80. The molecule has 0 unspecified atom stereocenters. The number of halogens is 2.